The van der Waals surface area contributed by atoms with Crippen molar-refractivity contribution < 1.29 is 13.3 Å². The lowest BCUT2D eigenvalue weighted by Gasteiger charge is -2.33. The molecule has 0 aliphatic carbocycles. The highest BCUT2D eigenvalue weighted by Gasteiger charge is 2.33. The van der Waals surface area contributed by atoms with Crippen LogP contribution in [0.3, 0.4) is 0 Å². The van der Waals surface area contributed by atoms with Gasteiger partial charge in [0.15, 0.2) is 4.90 Å². The van der Waals surface area contributed by atoms with Crippen molar-refractivity contribution in [3.8, 4) is 0 Å². The Kier molecular flexibility index (Phi) is 5.21. The number of piperazine rings is 1. The largest absolute Gasteiger partial charge is 0.399 e. The number of anilines is 1. The second-order valence-corrected chi connectivity index (χ2v) is 8.06. The Morgan fingerprint density at radius 3 is 2.38 bits per heavy atom. The van der Waals surface area contributed by atoms with Crippen molar-refractivity contribution in [1.29, 1.82) is 0 Å². The third kappa shape index (κ3) is 3.85. The molecule has 0 saturated carbocycles. The Balaban J connectivity index is 1.70. The first-order valence-corrected chi connectivity index (χ1v) is 9.62. The molecule has 1 fully saturated rings. The number of hydrogen-bond acceptors (Lipinski definition) is 6. The summed E-state index contributed by atoms with van der Waals surface area (Å²) >= 11 is 0. The topological polar surface area (TPSA) is 110 Å². The summed E-state index contributed by atoms with van der Waals surface area (Å²) in [4.78, 5) is 12.4. The van der Waals surface area contributed by atoms with E-state index in [-0.39, 0.29) is 18.0 Å². The molecule has 2 aromatic carbocycles. The zero-order valence-corrected chi connectivity index (χ0v) is 14.9. The maximum atomic E-state index is 12.8. The maximum Gasteiger partial charge on any atom is 0.289 e. The molecule has 0 aromatic heterocycles. The predicted molar refractivity (Wildman–Crippen MR) is 98.0 cm³/mol. The molecule has 8 nitrogen and oxygen atoms in total. The van der Waals surface area contributed by atoms with Crippen LogP contribution < -0.4 is 5.73 Å². The van der Waals surface area contributed by atoms with Crippen molar-refractivity contribution in [2.45, 2.75) is 11.4 Å². The first-order chi connectivity index (χ1) is 12.4. The average molecular weight is 376 g/mol. The second kappa shape index (κ2) is 7.40. The van der Waals surface area contributed by atoms with Crippen molar-refractivity contribution in [3.63, 3.8) is 0 Å². The van der Waals surface area contributed by atoms with E-state index in [1.165, 1.54) is 28.6 Å². The SMILES string of the molecule is Nc1cccc(CN2CCN(S(=O)(=O)c3ccccc3[N+](=O)[O-])CC2)c1. The zero-order valence-electron chi connectivity index (χ0n) is 14.1. The molecule has 2 N–H and O–H groups in total. The molecule has 1 saturated heterocycles. The van der Waals surface area contributed by atoms with E-state index >= 15 is 0 Å². The fraction of sp³-hybridized carbons (Fsp3) is 0.294. The third-order valence-corrected chi connectivity index (χ3v) is 6.31. The van der Waals surface area contributed by atoms with Gasteiger partial charge in [-0.2, -0.15) is 4.31 Å². The number of benzene rings is 2. The van der Waals surface area contributed by atoms with Gasteiger partial charge in [-0.15, -0.1) is 0 Å². The van der Waals surface area contributed by atoms with Gasteiger partial charge in [-0.25, -0.2) is 8.42 Å². The fourth-order valence-corrected chi connectivity index (χ4v) is 4.62. The van der Waals surface area contributed by atoms with Crippen LogP contribution in [0.5, 0.6) is 0 Å². The van der Waals surface area contributed by atoms with Crippen LogP contribution in [0.25, 0.3) is 0 Å². The van der Waals surface area contributed by atoms with Gasteiger partial charge in [-0.3, -0.25) is 15.0 Å². The lowest BCUT2D eigenvalue weighted by molar-refractivity contribution is -0.387. The Labute approximate surface area is 152 Å². The zero-order chi connectivity index (χ0) is 18.7. The molecule has 9 heteroatoms. The first kappa shape index (κ1) is 18.3. The van der Waals surface area contributed by atoms with Crippen LogP contribution in [-0.2, 0) is 16.6 Å². The van der Waals surface area contributed by atoms with E-state index in [1.807, 2.05) is 24.3 Å². The molecule has 1 aliphatic heterocycles. The van der Waals surface area contributed by atoms with Gasteiger partial charge in [-0.05, 0) is 23.8 Å². The van der Waals surface area contributed by atoms with Crippen molar-refractivity contribution >= 4 is 21.4 Å². The normalized spacial score (nSPS) is 16.5. The monoisotopic (exact) mass is 376 g/mol. The summed E-state index contributed by atoms with van der Waals surface area (Å²) in [5.74, 6) is 0. The van der Waals surface area contributed by atoms with E-state index in [0.717, 1.165) is 5.56 Å². The summed E-state index contributed by atoms with van der Waals surface area (Å²) in [6.45, 7) is 2.36. The van der Waals surface area contributed by atoms with Crippen LogP contribution in [0.2, 0.25) is 0 Å². The van der Waals surface area contributed by atoms with Crippen LogP contribution in [0.4, 0.5) is 11.4 Å². The van der Waals surface area contributed by atoms with Gasteiger partial charge >= 0.3 is 0 Å². The van der Waals surface area contributed by atoms with Crippen molar-refractivity contribution in [2.24, 2.45) is 0 Å². The van der Waals surface area contributed by atoms with E-state index < -0.39 is 20.6 Å². The molecule has 0 amide bonds. The number of hydrogen-bond donors (Lipinski definition) is 1. The van der Waals surface area contributed by atoms with Crippen LogP contribution in [0.15, 0.2) is 53.4 Å². The van der Waals surface area contributed by atoms with Crippen LogP contribution >= 0.6 is 0 Å². The third-order valence-electron chi connectivity index (χ3n) is 4.37. The Hall–Kier alpha value is -2.49. The molecular formula is C17H20N4O4S. The quantitative estimate of drug-likeness (QED) is 0.483. The molecule has 0 atom stereocenters. The Bertz CT molecular complexity index is 908. The minimum absolute atomic E-state index is 0.255. The number of nitrogens with zero attached hydrogens (tertiary/aromatic N) is 3. The molecule has 1 aliphatic rings. The molecule has 26 heavy (non-hydrogen) atoms. The number of nitro benzene ring substituents is 1. The molecule has 0 radical (unpaired) electrons. The first-order valence-electron chi connectivity index (χ1n) is 8.18. The van der Waals surface area contributed by atoms with Crippen LogP contribution in [0.1, 0.15) is 5.56 Å². The highest BCUT2D eigenvalue weighted by Crippen LogP contribution is 2.27. The minimum Gasteiger partial charge on any atom is -0.399 e. The molecule has 0 spiro atoms. The maximum absolute atomic E-state index is 12.8. The molecule has 1 heterocycles. The van der Waals surface area contributed by atoms with Gasteiger partial charge < -0.3 is 5.73 Å². The van der Waals surface area contributed by atoms with Crippen molar-refractivity contribution in [2.75, 3.05) is 31.9 Å². The summed E-state index contributed by atoms with van der Waals surface area (Å²) in [6.07, 6.45) is 0. The fourth-order valence-electron chi connectivity index (χ4n) is 3.04. The Morgan fingerprint density at radius 2 is 1.73 bits per heavy atom. The number of nitro groups is 1. The van der Waals surface area contributed by atoms with Gasteiger partial charge in [-0.1, -0.05) is 24.3 Å². The number of nitrogens with two attached hydrogens (primary N) is 1. The molecule has 0 unspecified atom stereocenters. The summed E-state index contributed by atoms with van der Waals surface area (Å²) in [6, 6.07) is 13.0. The lowest BCUT2D eigenvalue weighted by atomic mass is 10.2. The minimum atomic E-state index is -3.90. The number of sulfonamides is 1. The van der Waals surface area contributed by atoms with E-state index in [1.54, 1.807) is 0 Å². The van der Waals surface area contributed by atoms with Gasteiger partial charge in [0, 0.05) is 44.5 Å². The predicted octanol–water partition coefficient (Wildman–Crippen LogP) is 1.68. The van der Waals surface area contributed by atoms with Gasteiger partial charge in [0.05, 0.1) is 4.92 Å². The van der Waals surface area contributed by atoms with E-state index in [2.05, 4.69) is 4.90 Å². The van der Waals surface area contributed by atoms with Crippen LogP contribution in [-0.4, -0.2) is 48.7 Å². The van der Waals surface area contributed by atoms with Crippen molar-refractivity contribution in [3.05, 3.63) is 64.2 Å². The molecule has 0 bridgehead atoms. The van der Waals surface area contributed by atoms with E-state index in [0.29, 0.717) is 25.3 Å². The Morgan fingerprint density at radius 1 is 1.04 bits per heavy atom. The number of para-hydroxylation sites is 1. The molecular weight excluding hydrogens is 356 g/mol. The van der Waals surface area contributed by atoms with E-state index in [4.69, 9.17) is 5.73 Å². The van der Waals surface area contributed by atoms with Gasteiger partial charge in [0.1, 0.15) is 0 Å². The number of rotatable bonds is 5. The lowest BCUT2D eigenvalue weighted by Crippen LogP contribution is -2.48. The molecule has 138 valence electrons. The van der Waals surface area contributed by atoms with Gasteiger partial charge in [0.2, 0.25) is 10.0 Å². The molecule has 2 aromatic rings. The standard InChI is InChI=1S/C17H20N4O4S/c18-15-5-3-4-14(12-15)13-19-8-10-20(11-9-19)26(24,25)17-7-2-1-6-16(17)21(22)23/h1-7,12H,8-11,13,18H2. The highest BCUT2D eigenvalue weighted by atomic mass is 32.2. The van der Waals surface area contributed by atoms with Crippen LogP contribution in [0, 0.1) is 10.1 Å². The summed E-state index contributed by atoms with van der Waals surface area (Å²) in [5.41, 5.74) is 7.15. The number of nitrogen functional groups attached to an aromatic ring is 1. The van der Waals surface area contributed by atoms with E-state index in [9.17, 15) is 18.5 Å². The highest BCUT2D eigenvalue weighted by molar-refractivity contribution is 7.89. The average Bonchev–Trinajstić information content (AvgIpc) is 2.62. The molecule has 3 rings (SSSR count). The van der Waals surface area contributed by atoms with Gasteiger partial charge in [0.25, 0.3) is 5.69 Å². The van der Waals surface area contributed by atoms with Crippen molar-refractivity contribution in [1.82, 2.24) is 9.21 Å². The summed E-state index contributed by atoms with van der Waals surface area (Å²) < 4.78 is 26.9. The summed E-state index contributed by atoms with van der Waals surface area (Å²) in [5, 5.41) is 11.1. The second-order valence-electron chi connectivity index (χ2n) is 6.15. The summed E-state index contributed by atoms with van der Waals surface area (Å²) in [7, 11) is -3.90. The smallest absolute Gasteiger partial charge is 0.289 e.